The minimum absolute atomic E-state index is 0.0408. The molecule has 0 saturated carbocycles. The number of piperidine rings is 1. The molecule has 10 heteroatoms. The third kappa shape index (κ3) is 4.92. The molecule has 3 rings (SSSR count). The molecule has 2 aromatic rings. The van der Waals surface area contributed by atoms with Crippen LogP contribution in [0.25, 0.3) is 0 Å². The fourth-order valence-electron chi connectivity index (χ4n) is 3.08. The molecule has 0 aliphatic carbocycles. The van der Waals surface area contributed by atoms with Crippen LogP contribution < -0.4 is 5.32 Å². The molecule has 2 heterocycles. The molecule has 1 aliphatic rings. The van der Waals surface area contributed by atoms with Gasteiger partial charge < -0.3 is 5.32 Å². The number of nitrogens with zero attached hydrogens (tertiary/aromatic N) is 3. The molecule has 1 aliphatic heterocycles. The van der Waals surface area contributed by atoms with Gasteiger partial charge in [-0.2, -0.15) is 4.31 Å². The number of amides is 1. The average molecular weight is 427 g/mol. The summed E-state index contributed by atoms with van der Waals surface area (Å²) in [7, 11) is -3.71. The molecule has 1 aromatic carbocycles. The zero-order valence-electron chi connectivity index (χ0n) is 15.8. The van der Waals surface area contributed by atoms with Crippen molar-refractivity contribution in [2.75, 3.05) is 18.4 Å². The van der Waals surface area contributed by atoms with Crippen molar-refractivity contribution in [1.29, 1.82) is 0 Å². The Hall–Kier alpha value is -1.91. The molecule has 1 saturated heterocycles. The van der Waals surface area contributed by atoms with Gasteiger partial charge in [-0.15, -0.1) is 10.2 Å². The first kappa shape index (κ1) is 20.8. The normalized spacial score (nSPS) is 16.4. The molecule has 0 unspecified atom stereocenters. The number of rotatable bonds is 6. The van der Waals surface area contributed by atoms with Crippen molar-refractivity contribution in [1.82, 2.24) is 14.5 Å². The standard InChI is InChI=1S/C18H23FN4O3S2/c1-12(2)17-21-22-18(27-17)20-16(24)10-13-6-8-23(9-7-13)28(25,26)15-5-3-4-14(19)11-15/h3-5,11-13H,6-10H2,1-2H3,(H,20,22,24). The van der Waals surface area contributed by atoms with Gasteiger partial charge in [-0.05, 0) is 37.0 Å². The first-order valence-electron chi connectivity index (χ1n) is 9.14. The second-order valence-corrected chi connectivity index (χ2v) is 10.1. The SMILES string of the molecule is CC(C)c1nnc(NC(=O)CC2CCN(S(=O)(=O)c3cccc(F)c3)CC2)s1. The van der Waals surface area contributed by atoms with E-state index < -0.39 is 15.8 Å². The Labute approximate surface area is 168 Å². The van der Waals surface area contributed by atoms with Crippen LogP contribution in [0.1, 0.15) is 44.0 Å². The number of nitrogens with one attached hydrogen (secondary N) is 1. The molecule has 0 radical (unpaired) electrons. The lowest BCUT2D eigenvalue weighted by Crippen LogP contribution is -2.39. The van der Waals surface area contributed by atoms with Gasteiger partial charge in [0.05, 0.1) is 4.90 Å². The highest BCUT2D eigenvalue weighted by Crippen LogP contribution is 2.27. The molecule has 28 heavy (non-hydrogen) atoms. The highest BCUT2D eigenvalue weighted by Gasteiger charge is 2.30. The topological polar surface area (TPSA) is 92.3 Å². The number of hydrogen-bond acceptors (Lipinski definition) is 6. The number of benzene rings is 1. The summed E-state index contributed by atoms with van der Waals surface area (Å²) in [5.41, 5.74) is 0. The molecule has 152 valence electrons. The summed E-state index contributed by atoms with van der Waals surface area (Å²) in [5.74, 6) is -0.369. The Bertz CT molecular complexity index is 938. The summed E-state index contributed by atoms with van der Waals surface area (Å²) in [6, 6.07) is 5.03. The Morgan fingerprint density at radius 1 is 1.32 bits per heavy atom. The van der Waals surface area contributed by atoms with Gasteiger partial charge in [0, 0.05) is 25.4 Å². The van der Waals surface area contributed by atoms with E-state index in [2.05, 4.69) is 15.5 Å². The van der Waals surface area contributed by atoms with E-state index >= 15 is 0 Å². The van der Waals surface area contributed by atoms with Crippen LogP contribution in [-0.4, -0.2) is 41.9 Å². The minimum Gasteiger partial charge on any atom is -0.301 e. The van der Waals surface area contributed by atoms with Gasteiger partial charge in [0.15, 0.2) is 0 Å². The monoisotopic (exact) mass is 426 g/mol. The molecule has 0 bridgehead atoms. The minimum atomic E-state index is -3.71. The van der Waals surface area contributed by atoms with Crippen LogP contribution in [-0.2, 0) is 14.8 Å². The van der Waals surface area contributed by atoms with Crippen molar-refractivity contribution in [3.8, 4) is 0 Å². The lowest BCUT2D eigenvalue weighted by Gasteiger charge is -2.30. The molecule has 0 spiro atoms. The Balaban J connectivity index is 1.52. The van der Waals surface area contributed by atoms with E-state index in [0.29, 0.717) is 37.5 Å². The van der Waals surface area contributed by atoms with Crippen LogP contribution in [0.3, 0.4) is 0 Å². The van der Waals surface area contributed by atoms with Crippen molar-refractivity contribution < 1.29 is 17.6 Å². The van der Waals surface area contributed by atoms with Crippen molar-refractivity contribution in [3.63, 3.8) is 0 Å². The van der Waals surface area contributed by atoms with Crippen LogP contribution in [0.5, 0.6) is 0 Å². The number of hydrogen-bond donors (Lipinski definition) is 1. The van der Waals surface area contributed by atoms with E-state index in [-0.39, 0.29) is 22.6 Å². The van der Waals surface area contributed by atoms with Gasteiger partial charge in [-0.25, -0.2) is 12.8 Å². The second kappa shape index (κ2) is 8.62. The lowest BCUT2D eigenvalue weighted by atomic mass is 9.94. The third-order valence-corrected chi connectivity index (χ3v) is 7.70. The zero-order valence-corrected chi connectivity index (χ0v) is 17.4. The van der Waals surface area contributed by atoms with Crippen LogP contribution in [0.15, 0.2) is 29.2 Å². The van der Waals surface area contributed by atoms with Crippen LogP contribution in [0.2, 0.25) is 0 Å². The highest BCUT2D eigenvalue weighted by molar-refractivity contribution is 7.89. The summed E-state index contributed by atoms with van der Waals surface area (Å²) in [6.45, 7) is 4.65. The first-order valence-corrected chi connectivity index (χ1v) is 11.4. The first-order chi connectivity index (χ1) is 13.3. The van der Waals surface area contributed by atoms with Crippen LogP contribution >= 0.6 is 11.3 Å². The Morgan fingerprint density at radius 2 is 2.04 bits per heavy atom. The number of carbonyl (C=O) groups excluding carboxylic acids is 1. The van der Waals surface area contributed by atoms with Gasteiger partial charge in [0.25, 0.3) is 0 Å². The summed E-state index contributed by atoms with van der Waals surface area (Å²) in [6.07, 6.45) is 1.47. The maximum atomic E-state index is 13.4. The number of carbonyl (C=O) groups is 1. The lowest BCUT2D eigenvalue weighted by molar-refractivity contribution is -0.117. The number of aromatic nitrogens is 2. The Morgan fingerprint density at radius 3 is 2.64 bits per heavy atom. The molecule has 7 nitrogen and oxygen atoms in total. The van der Waals surface area contributed by atoms with E-state index in [9.17, 15) is 17.6 Å². The third-order valence-electron chi connectivity index (χ3n) is 4.66. The van der Waals surface area contributed by atoms with Crippen molar-refractivity contribution in [2.24, 2.45) is 5.92 Å². The maximum absolute atomic E-state index is 13.4. The predicted molar refractivity (Wildman–Crippen MR) is 105 cm³/mol. The average Bonchev–Trinajstić information content (AvgIpc) is 3.11. The van der Waals surface area contributed by atoms with Gasteiger partial charge in [0.1, 0.15) is 10.8 Å². The molecule has 1 N–H and O–H groups in total. The fourth-order valence-corrected chi connectivity index (χ4v) is 5.34. The van der Waals surface area contributed by atoms with Gasteiger partial charge in [0.2, 0.25) is 21.1 Å². The summed E-state index contributed by atoms with van der Waals surface area (Å²) in [4.78, 5) is 12.2. The summed E-state index contributed by atoms with van der Waals surface area (Å²) >= 11 is 1.36. The summed E-state index contributed by atoms with van der Waals surface area (Å²) in [5, 5.41) is 12.1. The van der Waals surface area contributed by atoms with Crippen molar-refractivity contribution >= 4 is 32.4 Å². The van der Waals surface area contributed by atoms with Crippen molar-refractivity contribution in [2.45, 2.75) is 43.9 Å². The van der Waals surface area contributed by atoms with Gasteiger partial charge in [-0.3, -0.25) is 4.79 Å². The Kier molecular flexibility index (Phi) is 6.41. The smallest absolute Gasteiger partial charge is 0.243 e. The molecule has 1 amide bonds. The van der Waals surface area contributed by atoms with Gasteiger partial charge >= 0.3 is 0 Å². The van der Waals surface area contributed by atoms with E-state index in [1.54, 1.807) is 0 Å². The molecule has 0 atom stereocenters. The largest absolute Gasteiger partial charge is 0.301 e. The number of sulfonamides is 1. The predicted octanol–water partition coefficient (Wildman–Crippen LogP) is 3.23. The summed E-state index contributed by atoms with van der Waals surface area (Å²) < 4.78 is 40.0. The van der Waals surface area contributed by atoms with E-state index in [1.807, 2.05) is 13.8 Å². The van der Waals surface area contributed by atoms with E-state index in [1.165, 1.54) is 33.8 Å². The second-order valence-electron chi connectivity index (χ2n) is 7.16. The van der Waals surface area contributed by atoms with Crippen LogP contribution in [0.4, 0.5) is 9.52 Å². The number of halogens is 1. The molecular formula is C18H23FN4O3S2. The zero-order chi connectivity index (χ0) is 20.3. The van der Waals surface area contributed by atoms with Crippen LogP contribution in [0, 0.1) is 11.7 Å². The number of anilines is 1. The fraction of sp³-hybridized carbons (Fsp3) is 0.500. The molecular weight excluding hydrogens is 403 g/mol. The quantitative estimate of drug-likeness (QED) is 0.766. The maximum Gasteiger partial charge on any atom is 0.243 e. The van der Waals surface area contributed by atoms with E-state index in [4.69, 9.17) is 0 Å². The molecule has 1 aromatic heterocycles. The highest BCUT2D eigenvalue weighted by atomic mass is 32.2. The molecule has 1 fully saturated rings. The van der Waals surface area contributed by atoms with E-state index in [0.717, 1.165) is 11.1 Å². The van der Waals surface area contributed by atoms with Gasteiger partial charge in [-0.1, -0.05) is 31.3 Å². The van der Waals surface area contributed by atoms with Crippen molar-refractivity contribution in [3.05, 3.63) is 35.1 Å².